The first-order valence-electron chi connectivity index (χ1n) is 6.61. The van der Waals surface area contributed by atoms with E-state index in [2.05, 4.69) is 55.1 Å². The molecule has 3 heteroatoms. The summed E-state index contributed by atoms with van der Waals surface area (Å²) in [5, 5.41) is 3.53. The fourth-order valence-corrected chi connectivity index (χ4v) is 3.14. The summed E-state index contributed by atoms with van der Waals surface area (Å²) < 4.78 is 2.33. The van der Waals surface area contributed by atoms with Crippen molar-refractivity contribution in [1.82, 2.24) is 9.88 Å². The molecule has 0 fully saturated rings. The predicted molar refractivity (Wildman–Crippen MR) is 79.1 cm³/mol. The molecule has 2 aromatic heterocycles. The summed E-state index contributed by atoms with van der Waals surface area (Å²) in [4.78, 5) is 2.86. The van der Waals surface area contributed by atoms with Crippen LogP contribution in [0, 0.1) is 13.8 Å². The first-order valence-corrected chi connectivity index (χ1v) is 7.43. The van der Waals surface area contributed by atoms with Crippen LogP contribution < -0.4 is 5.32 Å². The molecule has 0 amide bonds. The molecule has 2 nitrogen and oxygen atoms in total. The summed E-state index contributed by atoms with van der Waals surface area (Å²) in [6.45, 7) is 9.62. The molecular formula is C15H22N2S. The third kappa shape index (κ3) is 3.24. The molecule has 0 aliphatic carbocycles. The first kappa shape index (κ1) is 13.4. The second kappa shape index (κ2) is 6.21. The van der Waals surface area contributed by atoms with E-state index in [1.165, 1.54) is 27.4 Å². The van der Waals surface area contributed by atoms with E-state index >= 15 is 0 Å². The van der Waals surface area contributed by atoms with Crippen LogP contribution in [-0.2, 0) is 19.6 Å². The third-order valence-corrected chi connectivity index (χ3v) is 4.36. The van der Waals surface area contributed by atoms with Crippen molar-refractivity contribution >= 4 is 11.3 Å². The Bertz CT molecular complexity index is 477. The molecule has 0 aliphatic rings. The van der Waals surface area contributed by atoms with Gasteiger partial charge in [-0.3, -0.25) is 0 Å². The number of hydrogen-bond acceptors (Lipinski definition) is 2. The Morgan fingerprint density at radius 1 is 1.28 bits per heavy atom. The molecule has 0 saturated heterocycles. The maximum Gasteiger partial charge on any atom is 0.0362 e. The average molecular weight is 262 g/mol. The molecule has 0 aliphatic heterocycles. The van der Waals surface area contributed by atoms with Crippen molar-refractivity contribution in [2.24, 2.45) is 0 Å². The highest BCUT2D eigenvalue weighted by Gasteiger charge is 2.03. The van der Waals surface area contributed by atoms with Gasteiger partial charge in [0.15, 0.2) is 0 Å². The Kier molecular flexibility index (Phi) is 4.61. The Hall–Kier alpha value is -1.06. The number of hydrogen-bond donors (Lipinski definition) is 1. The lowest BCUT2D eigenvalue weighted by Gasteiger charge is -2.08. The van der Waals surface area contributed by atoms with Crippen molar-refractivity contribution in [2.75, 3.05) is 0 Å². The Morgan fingerprint density at radius 2 is 2.11 bits per heavy atom. The molecule has 0 spiro atoms. The highest BCUT2D eigenvalue weighted by atomic mass is 32.1. The Labute approximate surface area is 114 Å². The van der Waals surface area contributed by atoms with Crippen molar-refractivity contribution in [1.29, 1.82) is 0 Å². The summed E-state index contributed by atoms with van der Waals surface area (Å²) >= 11 is 1.90. The predicted octanol–water partition coefficient (Wildman–Crippen LogP) is 3.87. The van der Waals surface area contributed by atoms with Crippen LogP contribution in [0.3, 0.4) is 0 Å². The molecule has 0 aromatic carbocycles. The van der Waals surface area contributed by atoms with Crippen LogP contribution in [0.2, 0.25) is 0 Å². The number of aryl methyl sites for hydroxylation is 3. The molecule has 0 unspecified atom stereocenters. The fourth-order valence-electron chi connectivity index (χ4n) is 2.12. The van der Waals surface area contributed by atoms with Crippen LogP contribution >= 0.6 is 11.3 Å². The maximum atomic E-state index is 3.53. The summed E-state index contributed by atoms with van der Waals surface area (Å²) in [5.74, 6) is 0. The second-order valence-corrected chi connectivity index (χ2v) is 6.09. The van der Waals surface area contributed by atoms with Crippen molar-refractivity contribution in [3.63, 3.8) is 0 Å². The van der Waals surface area contributed by atoms with E-state index < -0.39 is 0 Å². The quantitative estimate of drug-likeness (QED) is 0.836. The van der Waals surface area contributed by atoms with Gasteiger partial charge in [0.2, 0.25) is 0 Å². The van der Waals surface area contributed by atoms with Crippen molar-refractivity contribution in [3.05, 3.63) is 45.4 Å². The molecule has 2 aromatic rings. The molecule has 18 heavy (non-hydrogen) atoms. The second-order valence-electron chi connectivity index (χ2n) is 4.75. The molecule has 0 radical (unpaired) electrons. The molecule has 0 bridgehead atoms. The summed E-state index contributed by atoms with van der Waals surface area (Å²) in [6, 6.07) is 6.62. The monoisotopic (exact) mass is 262 g/mol. The van der Waals surface area contributed by atoms with Gasteiger partial charge in [-0.2, -0.15) is 0 Å². The minimum Gasteiger partial charge on any atom is -0.350 e. The molecule has 98 valence electrons. The van der Waals surface area contributed by atoms with Gasteiger partial charge < -0.3 is 9.88 Å². The van der Waals surface area contributed by atoms with Crippen LogP contribution in [0.25, 0.3) is 0 Å². The first-order chi connectivity index (χ1) is 8.70. The van der Waals surface area contributed by atoms with Crippen LogP contribution in [-0.4, -0.2) is 4.57 Å². The van der Waals surface area contributed by atoms with Gasteiger partial charge in [-0.15, -0.1) is 11.3 Å². The smallest absolute Gasteiger partial charge is 0.0362 e. The highest BCUT2D eigenvalue weighted by Crippen LogP contribution is 2.20. The maximum absolute atomic E-state index is 3.53. The standard InChI is InChI=1S/C15H22N2S/c1-4-7-17-8-5-6-14(17)10-16-11-15-9-12(2)13(3)18-15/h5-6,8-9,16H,4,7,10-11H2,1-3H3. The van der Waals surface area contributed by atoms with Crippen molar-refractivity contribution < 1.29 is 0 Å². The van der Waals surface area contributed by atoms with Crippen LogP contribution in [0.4, 0.5) is 0 Å². The van der Waals surface area contributed by atoms with Gasteiger partial charge >= 0.3 is 0 Å². The van der Waals surface area contributed by atoms with E-state index in [1.807, 2.05) is 11.3 Å². The summed E-state index contributed by atoms with van der Waals surface area (Å²) in [7, 11) is 0. The number of thiophene rings is 1. The van der Waals surface area contributed by atoms with Crippen molar-refractivity contribution in [2.45, 2.75) is 46.8 Å². The Balaban J connectivity index is 1.86. The van der Waals surface area contributed by atoms with Gasteiger partial charge in [-0.1, -0.05) is 6.92 Å². The van der Waals surface area contributed by atoms with Gasteiger partial charge in [0, 0.05) is 41.3 Å². The van der Waals surface area contributed by atoms with Crippen LogP contribution in [0.5, 0.6) is 0 Å². The molecule has 1 N–H and O–H groups in total. The van der Waals surface area contributed by atoms with Gasteiger partial charge in [-0.25, -0.2) is 0 Å². The minimum atomic E-state index is 0.947. The largest absolute Gasteiger partial charge is 0.350 e. The molecule has 0 saturated carbocycles. The van der Waals surface area contributed by atoms with E-state index in [4.69, 9.17) is 0 Å². The van der Waals surface area contributed by atoms with Crippen LogP contribution in [0.1, 0.15) is 34.4 Å². The van der Waals surface area contributed by atoms with Gasteiger partial charge in [-0.05, 0) is 44.0 Å². The lowest BCUT2D eigenvalue weighted by molar-refractivity contribution is 0.604. The molecule has 0 atom stereocenters. The number of nitrogens with one attached hydrogen (secondary N) is 1. The normalized spacial score (nSPS) is 11.1. The Morgan fingerprint density at radius 3 is 2.78 bits per heavy atom. The van der Waals surface area contributed by atoms with E-state index in [1.54, 1.807) is 0 Å². The lowest BCUT2D eigenvalue weighted by atomic mass is 10.3. The number of nitrogens with zero attached hydrogens (tertiary/aromatic N) is 1. The number of rotatable bonds is 6. The SMILES string of the molecule is CCCn1cccc1CNCc1cc(C)c(C)s1. The topological polar surface area (TPSA) is 17.0 Å². The zero-order chi connectivity index (χ0) is 13.0. The fraction of sp³-hybridized carbons (Fsp3) is 0.467. The van der Waals surface area contributed by atoms with Gasteiger partial charge in [0.1, 0.15) is 0 Å². The van der Waals surface area contributed by atoms with Crippen LogP contribution in [0.15, 0.2) is 24.4 Å². The van der Waals surface area contributed by atoms with Crippen molar-refractivity contribution in [3.8, 4) is 0 Å². The van der Waals surface area contributed by atoms with E-state index in [0.717, 1.165) is 19.6 Å². The zero-order valence-electron chi connectivity index (χ0n) is 11.5. The van der Waals surface area contributed by atoms with E-state index in [-0.39, 0.29) is 0 Å². The van der Waals surface area contributed by atoms with Gasteiger partial charge in [0.05, 0.1) is 0 Å². The average Bonchev–Trinajstić information content (AvgIpc) is 2.89. The summed E-state index contributed by atoms with van der Waals surface area (Å²) in [6.07, 6.45) is 3.35. The third-order valence-electron chi connectivity index (χ3n) is 3.21. The van der Waals surface area contributed by atoms with E-state index in [0.29, 0.717) is 0 Å². The number of aromatic nitrogens is 1. The molecular weight excluding hydrogens is 240 g/mol. The molecule has 2 rings (SSSR count). The minimum absolute atomic E-state index is 0.947. The zero-order valence-corrected chi connectivity index (χ0v) is 12.3. The lowest BCUT2D eigenvalue weighted by Crippen LogP contribution is -2.15. The highest BCUT2D eigenvalue weighted by molar-refractivity contribution is 7.12. The van der Waals surface area contributed by atoms with E-state index in [9.17, 15) is 0 Å². The summed E-state index contributed by atoms with van der Waals surface area (Å²) in [5.41, 5.74) is 2.79. The van der Waals surface area contributed by atoms with Gasteiger partial charge in [0.25, 0.3) is 0 Å². The molecule has 2 heterocycles.